The molecule has 0 aromatic rings. The zero-order valence-corrected chi connectivity index (χ0v) is 26.4. The predicted octanol–water partition coefficient (Wildman–Crippen LogP) is 4.11. The summed E-state index contributed by atoms with van der Waals surface area (Å²) in [6.45, 7) is 12.4. The second-order valence-electron chi connectivity index (χ2n) is 11.7. The quantitative estimate of drug-likeness (QED) is 0.326. The van der Waals surface area contributed by atoms with Crippen molar-refractivity contribution in [3.63, 3.8) is 0 Å². The van der Waals surface area contributed by atoms with Crippen LogP contribution >= 0.6 is 0 Å². The van der Waals surface area contributed by atoms with Crippen molar-refractivity contribution in [1.82, 2.24) is 0 Å². The van der Waals surface area contributed by atoms with Crippen molar-refractivity contribution in [3.8, 4) is 0 Å². The monoisotopic (exact) mass is 642 g/mol. The van der Waals surface area contributed by atoms with Gasteiger partial charge in [0.25, 0.3) is 20.2 Å². The molecule has 4 aliphatic rings. The summed E-state index contributed by atoms with van der Waals surface area (Å²) in [7, 11) is -8.15. The molecule has 0 aromatic heterocycles. The van der Waals surface area contributed by atoms with E-state index in [2.05, 4.69) is 13.8 Å². The van der Waals surface area contributed by atoms with Crippen LogP contribution in [0.15, 0.2) is 0 Å². The number of rotatable bonds is 6. The number of ketones is 2. The summed E-state index contributed by atoms with van der Waals surface area (Å²) < 4.78 is 65.0. The van der Waals surface area contributed by atoms with Gasteiger partial charge >= 0.3 is 43.9 Å². The fourth-order valence-electron chi connectivity index (χ4n) is 7.09. The number of carbonyl (C=O) groups excluding carboxylic acids is 2. The van der Waals surface area contributed by atoms with Crippen molar-refractivity contribution in [2.75, 3.05) is 11.5 Å². The predicted molar refractivity (Wildman–Crippen MR) is 137 cm³/mol. The van der Waals surface area contributed by atoms with Crippen LogP contribution in [0.25, 0.3) is 0 Å². The molecule has 202 valence electrons. The minimum absolute atomic E-state index is 0.0152. The van der Waals surface area contributed by atoms with Crippen LogP contribution in [0.2, 0.25) is 8.87 Å². The molecule has 2 radical (unpaired) electrons. The average Bonchev–Trinajstić information content (AvgIpc) is 3.20. The van der Waals surface area contributed by atoms with Gasteiger partial charge in [-0.3, -0.25) is 18.7 Å². The number of carbonyl (C=O) groups is 2. The van der Waals surface area contributed by atoms with Crippen LogP contribution in [0, 0.1) is 33.5 Å². The Kier molecular flexibility index (Phi) is 9.45. The van der Waals surface area contributed by atoms with Crippen molar-refractivity contribution in [1.29, 1.82) is 0 Å². The number of Topliss-reactive ketones (excluding diaryl/α,β-unsaturated/α-hetero) is 2. The van der Waals surface area contributed by atoms with E-state index in [4.69, 9.17) is 9.11 Å². The van der Waals surface area contributed by atoms with Crippen molar-refractivity contribution in [3.05, 3.63) is 0 Å². The molecular weight excluding hydrogens is 599 g/mol. The van der Waals surface area contributed by atoms with Gasteiger partial charge in [-0.15, -0.1) is 0 Å². The van der Waals surface area contributed by atoms with Gasteiger partial charge in [0, 0.05) is 12.8 Å². The zero-order valence-electron chi connectivity index (χ0n) is 21.9. The molecule has 35 heavy (non-hydrogen) atoms. The molecule has 0 aliphatic heterocycles. The van der Waals surface area contributed by atoms with Crippen LogP contribution < -0.4 is 0 Å². The molecule has 0 heterocycles. The summed E-state index contributed by atoms with van der Waals surface area (Å²) in [6.07, 6.45) is 3.94. The van der Waals surface area contributed by atoms with Crippen molar-refractivity contribution in [2.24, 2.45) is 33.5 Å². The fourth-order valence-corrected chi connectivity index (χ4v) is 11.1. The van der Waals surface area contributed by atoms with Crippen LogP contribution in [0.3, 0.4) is 0 Å². The third-order valence-electron chi connectivity index (χ3n) is 9.64. The van der Waals surface area contributed by atoms with E-state index in [1.807, 2.05) is 27.7 Å². The third-order valence-corrected chi connectivity index (χ3v) is 14.2. The molecular formula is C24H42O8S2Sn. The molecule has 4 aliphatic carbocycles. The van der Waals surface area contributed by atoms with Gasteiger partial charge in [-0.25, -0.2) is 0 Å². The first-order chi connectivity index (χ1) is 15.8. The first-order valence-electron chi connectivity index (χ1n) is 12.5. The van der Waals surface area contributed by atoms with E-state index >= 15 is 0 Å². The van der Waals surface area contributed by atoms with Crippen LogP contribution in [-0.4, -0.2) is 70.2 Å². The van der Waals surface area contributed by atoms with E-state index in [0.717, 1.165) is 12.8 Å². The van der Waals surface area contributed by atoms with Gasteiger partial charge in [-0.05, 0) is 48.3 Å². The van der Waals surface area contributed by atoms with E-state index in [0.29, 0.717) is 25.7 Å². The molecule has 4 unspecified atom stereocenters. The summed E-state index contributed by atoms with van der Waals surface area (Å²) >= 11 is 0.218. The molecule has 0 saturated heterocycles. The van der Waals surface area contributed by atoms with Gasteiger partial charge in [-0.1, -0.05) is 27.7 Å². The first-order valence-corrected chi connectivity index (χ1v) is 19.7. The number of hydrogen-bond acceptors (Lipinski definition) is 6. The Morgan fingerprint density at radius 2 is 1.06 bits per heavy atom. The van der Waals surface area contributed by atoms with E-state index in [9.17, 15) is 26.4 Å². The summed E-state index contributed by atoms with van der Waals surface area (Å²) in [5, 5.41) is 0. The van der Waals surface area contributed by atoms with Gasteiger partial charge in [0.1, 0.15) is 11.6 Å². The molecule has 0 spiro atoms. The molecule has 4 saturated carbocycles. The summed E-state index contributed by atoms with van der Waals surface area (Å²) in [4.78, 5) is 23.8. The molecule has 4 atom stereocenters. The summed E-state index contributed by atoms with van der Waals surface area (Å²) in [5.41, 5.74) is -2.24. The van der Waals surface area contributed by atoms with Crippen LogP contribution in [0.5, 0.6) is 0 Å². The van der Waals surface area contributed by atoms with Gasteiger partial charge in [0.2, 0.25) is 0 Å². The van der Waals surface area contributed by atoms with Crippen LogP contribution in [0.1, 0.15) is 80.1 Å². The van der Waals surface area contributed by atoms with E-state index in [1.165, 1.54) is 8.87 Å². The molecule has 2 N–H and O–H groups in total. The van der Waals surface area contributed by atoms with Crippen molar-refractivity contribution >= 4 is 52.9 Å². The molecule has 0 aromatic carbocycles. The minimum atomic E-state index is -4.08. The Labute approximate surface area is 221 Å². The summed E-state index contributed by atoms with van der Waals surface area (Å²) in [5.74, 6) is -0.203. The molecule has 4 rings (SSSR count). The first kappa shape index (κ1) is 31.2. The van der Waals surface area contributed by atoms with Gasteiger partial charge in [-0.2, -0.15) is 16.8 Å². The fraction of sp³-hybridized carbons (Fsp3) is 0.917. The summed E-state index contributed by atoms with van der Waals surface area (Å²) in [6, 6.07) is 0. The molecule has 4 fully saturated rings. The Hall–Kier alpha value is -0.0413. The average molecular weight is 641 g/mol. The van der Waals surface area contributed by atoms with Crippen molar-refractivity contribution in [2.45, 2.75) is 88.9 Å². The maximum absolute atomic E-state index is 11.9. The second kappa shape index (κ2) is 10.6. The second-order valence-corrected chi connectivity index (χ2v) is 20.1. The van der Waals surface area contributed by atoms with E-state index in [1.54, 1.807) is 0 Å². The van der Waals surface area contributed by atoms with Gasteiger partial charge in [0.15, 0.2) is 0 Å². The maximum atomic E-state index is 11.9. The van der Waals surface area contributed by atoms with E-state index < -0.39 is 42.6 Å². The number of hydrogen-bond donors (Lipinski definition) is 2. The number of fused-ring (bicyclic) bond motifs is 4. The Morgan fingerprint density at radius 3 is 1.20 bits per heavy atom. The SMILES string of the molecule is CC1(C)C2CCC1(CS(=O)(=O)O)C(=O)C2.CC1(C)C2CCC1(CS(=O)(=O)O)C(=O)C2.C[CH2][Sn][CH2]C. The van der Waals surface area contributed by atoms with Crippen LogP contribution in [-0.2, 0) is 29.8 Å². The van der Waals surface area contributed by atoms with Gasteiger partial charge in [0.05, 0.1) is 22.3 Å². The standard InChI is InChI=1S/2C10H16O4S.2C2H5.Sn/c2*1-9(2)7-3-4-10(9,8(11)5-7)6-15(12,13)14;2*1-2;/h2*7H,3-6H2,1-2H3,(H,12,13,14);2*1H2,2H3;. The third kappa shape index (κ3) is 6.01. The van der Waals surface area contributed by atoms with Crippen LogP contribution in [0.4, 0.5) is 0 Å². The Bertz CT molecular complexity index is 952. The van der Waals surface area contributed by atoms with Gasteiger partial charge < -0.3 is 0 Å². The normalized spacial score (nSPS) is 34.3. The molecule has 0 amide bonds. The molecule has 11 heteroatoms. The Morgan fingerprint density at radius 1 is 0.743 bits per heavy atom. The van der Waals surface area contributed by atoms with Crippen molar-refractivity contribution < 1.29 is 35.5 Å². The molecule has 4 bridgehead atoms. The molecule has 8 nitrogen and oxygen atoms in total. The Balaban J connectivity index is 0.000000208. The topological polar surface area (TPSA) is 143 Å². The van der Waals surface area contributed by atoms with E-state index in [-0.39, 0.29) is 55.4 Å². The zero-order chi connectivity index (χ0) is 27.1.